The van der Waals surface area contributed by atoms with Gasteiger partial charge in [0, 0.05) is 0 Å². The van der Waals surface area contributed by atoms with E-state index in [1.165, 1.54) is 11.1 Å². The van der Waals surface area contributed by atoms with E-state index >= 15 is 0 Å². The van der Waals surface area contributed by atoms with Gasteiger partial charge in [-0.15, -0.1) is 0 Å². The lowest BCUT2D eigenvalue weighted by Crippen LogP contribution is -1.96. The smallest absolute Gasteiger partial charge is 0.0219 e. The van der Waals surface area contributed by atoms with Gasteiger partial charge in [-0.05, 0) is 23.0 Å². The van der Waals surface area contributed by atoms with Crippen molar-refractivity contribution in [3.63, 3.8) is 0 Å². The predicted octanol–water partition coefficient (Wildman–Crippen LogP) is 4.52. The fourth-order valence-electron chi connectivity index (χ4n) is 1.20. The van der Waals surface area contributed by atoms with Crippen molar-refractivity contribution in [2.75, 3.05) is 0 Å². The Balaban J connectivity index is 4.95. The first-order chi connectivity index (χ1) is 6.52. The third kappa shape index (κ3) is 4.27. The molecule has 0 atom stereocenters. The van der Waals surface area contributed by atoms with Crippen molar-refractivity contribution in [2.24, 2.45) is 11.8 Å². The van der Waals surface area contributed by atoms with Crippen LogP contribution in [0.4, 0.5) is 0 Å². The highest BCUT2D eigenvalue weighted by Gasteiger charge is 2.03. The lowest BCUT2D eigenvalue weighted by atomic mass is 9.95. The summed E-state index contributed by atoms with van der Waals surface area (Å²) in [6.07, 6.45) is 8.05. The SMILES string of the molecule is C=C/C=C(\C=C(/C=C)C(C)C)C(C)C. The molecule has 0 spiro atoms. The molecule has 0 aromatic rings. The molecule has 14 heavy (non-hydrogen) atoms. The molecular weight excluding hydrogens is 168 g/mol. The fraction of sp³-hybridized carbons (Fsp3) is 0.429. The van der Waals surface area contributed by atoms with Crippen molar-refractivity contribution in [3.05, 3.63) is 48.6 Å². The Hall–Kier alpha value is -1.04. The van der Waals surface area contributed by atoms with Gasteiger partial charge in [0.2, 0.25) is 0 Å². The first kappa shape index (κ1) is 13.0. The average molecular weight is 190 g/mol. The third-order valence-corrected chi connectivity index (χ3v) is 2.21. The van der Waals surface area contributed by atoms with Crippen LogP contribution < -0.4 is 0 Å². The lowest BCUT2D eigenvalue weighted by Gasteiger charge is -2.10. The normalized spacial score (nSPS) is 13.6. The summed E-state index contributed by atoms with van der Waals surface area (Å²) in [5.41, 5.74) is 2.59. The molecule has 78 valence electrons. The Morgan fingerprint density at radius 2 is 1.43 bits per heavy atom. The minimum Gasteiger partial charge on any atom is -0.0991 e. The van der Waals surface area contributed by atoms with Gasteiger partial charge in [-0.2, -0.15) is 0 Å². The lowest BCUT2D eigenvalue weighted by molar-refractivity contribution is 0.764. The van der Waals surface area contributed by atoms with E-state index in [9.17, 15) is 0 Å². The zero-order chi connectivity index (χ0) is 11.1. The summed E-state index contributed by atoms with van der Waals surface area (Å²) >= 11 is 0. The highest BCUT2D eigenvalue weighted by molar-refractivity contribution is 5.33. The Morgan fingerprint density at radius 1 is 0.929 bits per heavy atom. The summed E-state index contributed by atoms with van der Waals surface area (Å²) in [7, 11) is 0. The van der Waals surface area contributed by atoms with Gasteiger partial charge in [0.1, 0.15) is 0 Å². The summed E-state index contributed by atoms with van der Waals surface area (Å²) in [4.78, 5) is 0. The zero-order valence-electron chi connectivity index (χ0n) is 9.88. The molecule has 0 aromatic carbocycles. The first-order valence-electron chi connectivity index (χ1n) is 5.19. The summed E-state index contributed by atoms with van der Waals surface area (Å²) in [5.74, 6) is 1.06. The molecule has 0 aliphatic heterocycles. The second-order valence-electron chi connectivity index (χ2n) is 4.06. The molecule has 0 heterocycles. The largest absolute Gasteiger partial charge is 0.0991 e. The van der Waals surface area contributed by atoms with Gasteiger partial charge in [-0.3, -0.25) is 0 Å². The van der Waals surface area contributed by atoms with Crippen LogP contribution in [0.2, 0.25) is 0 Å². The molecule has 0 nitrogen and oxygen atoms in total. The molecule has 0 saturated carbocycles. The number of rotatable bonds is 5. The van der Waals surface area contributed by atoms with Gasteiger partial charge in [0.25, 0.3) is 0 Å². The van der Waals surface area contributed by atoms with Crippen LogP contribution in [-0.2, 0) is 0 Å². The van der Waals surface area contributed by atoms with Crippen LogP contribution in [0.1, 0.15) is 27.7 Å². The molecule has 0 aliphatic carbocycles. The maximum atomic E-state index is 3.83. The quantitative estimate of drug-likeness (QED) is 0.559. The number of allylic oxidation sites excluding steroid dienone is 6. The molecule has 0 aromatic heterocycles. The summed E-state index contributed by atoms with van der Waals surface area (Å²) in [6.45, 7) is 16.3. The third-order valence-electron chi connectivity index (χ3n) is 2.21. The van der Waals surface area contributed by atoms with Crippen molar-refractivity contribution in [1.82, 2.24) is 0 Å². The van der Waals surface area contributed by atoms with Gasteiger partial charge in [-0.1, -0.05) is 65.2 Å². The highest BCUT2D eigenvalue weighted by atomic mass is 14.1. The molecule has 0 unspecified atom stereocenters. The molecule has 0 amide bonds. The molecule has 0 rings (SSSR count). The van der Waals surface area contributed by atoms with Crippen LogP contribution in [0, 0.1) is 11.8 Å². The van der Waals surface area contributed by atoms with E-state index in [4.69, 9.17) is 0 Å². The molecule has 0 saturated heterocycles. The number of hydrogen-bond donors (Lipinski definition) is 0. The van der Waals surface area contributed by atoms with Gasteiger partial charge < -0.3 is 0 Å². The molecule has 0 bridgehead atoms. The van der Waals surface area contributed by atoms with Crippen LogP contribution >= 0.6 is 0 Å². The van der Waals surface area contributed by atoms with Crippen LogP contribution in [0.3, 0.4) is 0 Å². The van der Waals surface area contributed by atoms with Gasteiger partial charge >= 0.3 is 0 Å². The highest BCUT2D eigenvalue weighted by Crippen LogP contribution is 2.18. The van der Waals surface area contributed by atoms with Crippen LogP contribution in [0.15, 0.2) is 48.6 Å². The molecule has 0 radical (unpaired) electrons. The fourth-order valence-corrected chi connectivity index (χ4v) is 1.20. The Labute approximate surface area is 88.7 Å². The minimum atomic E-state index is 0.527. The van der Waals surface area contributed by atoms with Gasteiger partial charge in [0.15, 0.2) is 0 Å². The van der Waals surface area contributed by atoms with Gasteiger partial charge in [0.05, 0.1) is 0 Å². The summed E-state index contributed by atoms with van der Waals surface area (Å²) in [6, 6.07) is 0. The van der Waals surface area contributed by atoms with Crippen LogP contribution in [0.5, 0.6) is 0 Å². The van der Waals surface area contributed by atoms with E-state index in [0.717, 1.165) is 0 Å². The van der Waals surface area contributed by atoms with E-state index in [1.807, 2.05) is 12.2 Å². The predicted molar refractivity (Wildman–Crippen MR) is 66.2 cm³/mol. The first-order valence-corrected chi connectivity index (χ1v) is 5.19. The van der Waals surface area contributed by atoms with Crippen molar-refractivity contribution in [3.8, 4) is 0 Å². The average Bonchev–Trinajstić information content (AvgIpc) is 2.11. The molecule has 0 heteroatoms. The summed E-state index contributed by atoms with van der Waals surface area (Å²) in [5, 5.41) is 0. The molecular formula is C14H22. The van der Waals surface area contributed by atoms with Crippen LogP contribution in [-0.4, -0.2) is 0 Å². The Morgan fingerprint density at radius 3 is 1.71 bits per heavy atom. The van der Waals surface area contributed by atoms with E-state index in [-0.39, 0.29) is 0 Å². The standard InChI is InChI=1S/C14H22/c1-7-9-14(12(5)6)10-13(8-2)11(3)4/h7-12H,1-2H2,3-6H3/b13-10+,14-9+. The van der Waals surface area contributed by atoms with Crippen molar-refractivity contribution < 1.29 is 0 Å². The second kappa shape index (κ2) is 6.42. The zero-order valence-corrected chi connectivity index (χ0v) is 9.88. The van der Waals surface area contributed by atoms with Gasteiger partial charge in [-0.25, -0.2) is 0 Å². The maximum Gasteiger partial charge on any atom is -0.0219 e. The monoisotopic (exact) mass is 190 g/mol. The van der Waals surface area contributed by atoms with Crippen molar-refractivity contribution in [2.45, 2.75) is 27.7 Å². The van der Waals surface area contributed by atoms with Crippen molar-refractivity contribution >= 4 is 0 Å². The van der Waals surface area contributed by atoms with Crippen molar-refractivity contribution in [1.29, 1.82) is 0 Å². The molecule has 0 fully saturated rings. The minimum absolute atomic E-state index is 0.527. The van der Waals surface area contributed by atoms with E-state index in [2.05, 4.69) is 53.0 Å². The summed E-state index contributed by atoms with van der Waals surface area (Å²) < 4.78 is 0. The van der Waals surface area contributed by atoms with E-state index in [1.54, 1.807) is 0 Å². The Kier molecular flexibility index (Phi) is 5.94. The Bertz CT molecular complexity index is 249. The second-order valence-corrected chi connectivity index (χ2v) is 4.06. The maximum absolute atomic E-state index is 3.83. The van der Waals surface area contributed by atoms with E-state index < -0.39 is 0 Å². The van der Waals surface area contributed by atoms with Crippen LogP contribution in [0.25, 0.3) is 0 Å². The molecule has 0 N–H and O–H groups in total. The number of hydrogen-bond acceptors (Lipinski definition) is 0. The molecule has 0 aliphatic rings. The topological polar surface area (TPSA) is 0 Å². The van der Waals surface area contributed by atoms with E-state index in [0.29, 0.717) is 11.8 Å².